The fourth-order valence-corrected chi connectivity index (χ4v) is 5.17. The van der Waals surface area contributed by atoms with Crippen LogP contribution in [0.3, 0.4) is 0 Å². The maximum absolute atomic E-state index is 13.2. The summed E-state index contributed by atoms with van der Waals surface area (Å²) in [6.45, 7) is 2.05. The maximum atomic E-state index is 13.2. The number of likely N-dealkylation sites (tertiary alicyclic amines) is 1. The van der Waals surface area contributed by atoms with Crippen LogP contribution in [-0.4, -0.2) is 71.5 Å². The molecule has 2 atom stereocenters. The minimum absolute atomic E-state index is 0.153. The first-order valence-corrected chi connectivity index (χ1v) is 11.4. The summed E-state index contributed by atoms with van der Waals surface area (Å²) in [5.74, 6) is -1.70. The van der Waals surface area contributed by atoms with Crippen LogP contribution in [0.2, 0.25) is 4.34 Å². The predicted molar refractivity (Wildman–Crippen MR) is 119 cm³/mol. The van der Waals surface area contributed by atoms with Gasteiger partial charge in [-0.3, -0.25) is 9.59 Å². The molecule has 1 fully saturated rings. The van der Waals surface area contributed by atoms with E-state index >= 15 is 0 Å². The first kappa shape index (κ1) is 21.8. The second-order valence-corrected chi connectivity index (χ2v) is 9.82. The standard InChI is InChI=1S/C22H24ClN3O4S/c1-25-8-6-13-2-3-15(10-14(13)7-9-25)21(28)26-12-16(11-17(26)22(29)30)24-20(27)18-4-5-19(23)31-18/h2-5,10,16-17H,6-9,11-12H2,1H3,(H,24,27)(H,29,30)/t16-,17+/m1/s1. The Morgan fingerprint density at radius 1 is 1.13 bits per heavy atom. The van der Waals surface area contributed by atoms with Crippen LogP contribution in [0.1, 0.15) is 37.6 Å². The van der Waals surface area contributed by atoms with Crippen molar-refractivity contribution < 1.29 is 19.5 Å². The van der Waals surface area contributed by atoms with E-state index in [4.69, 9.17) is 11.6 Å². The molecule has 31 heavy (non-hydrogen) atoms. The third-order valence-corrected chi connectivity index (χ3v) is 7.19. The van der Waals surface area contributed by atoms with Gasteiger partial charge in [0.25, 0.3) is 11.8 Å². The number of fused-ring (bicyclic) bond motifs is 1. The molecule has 0 bridgehead atoms. The Labute approximate surface area is 189 Å². The second kappa shape index (κ2) is 8.98. The largest absolute Gasteiger partial charge is 0.480 e. The highest BCUT2D eigenvalue weighted by Crippen LogP contribution is 2.25. The minimum atomic E-state index is -1.07. The summed E-state index contributed by atoms with van der Waals surface area (Å²) in [4.78, 5) is 41.6. The number of carbonyl (C=O) groups is 3. The van der Waals surface area contributed by atoms with Crippen LogP contribution in [0.25, 0.3) is 0 Å². The molecular formula is C22H24ClN3O4S. The normalized spacial score (nSPS) is 21.4. The Morgan fingerprint density at radius 3 is 2.55 bits per heavy atom. The number of nitrogens with one attached hydrogen (secondary N) is 1. The molecule has 1 saturated heterocycles. The third kappa shape index (κ3) is 4.76. The highest BCUT2D eigenvalue weighted by molar-refractivity contribution is 7.18. The molecule has 0 saturated carbocycles. The number of amides is 2. The number of thiophene rings is 1. The fraction of sp³-hybridized carbons (Fsp3) is 0.409. The Morgan fingerprint density at radius 2 is 1.87 bits per heavy atom. The molecular weight excluding hydrogens is 438 g/mol. The second-order valence-electron chi connectivity index (χ2n) is 8.11. The van der Waals surface area contributed by atoms with Crippen molar-refractivity contribution in [3.05, 3.63) is 56.2 Å². The number of rotatable bonds is 4. The van der Waals surface area contributed by atoms with E-state index in [1.165, 1.54) is 10.5 Å². The number of halogens is 1. The Kier molecular flexibility index (Phi) is 6.31. The number of aliphatic carboxylic acids is 1. The van der Waals surface area contributed by atoms with Gasteiger partial charge >= 0.3 is 5.97 Å². The zero-order chi connectivity index (χ0) is 22.1. The summed E-state index contributed by atoms with van der Waals surface area (Å²) in [5, 5.41) is 12.5. The number of hydrogen-bond acceptors (Lipinski definition) is 5. The number of nitrogens with zero attached hydrogens (tertiary/aromatic N) is 2. The van der Waals surface area contributed by atoms with E-state index in [9.17, 15) is 19.5 Å². The lowest BCUT2D eigenvalue weighted by Crippen LogP contribution is -2.41. The van der Waals surface area contributed by atoms with Crippen molar-refractivity contribution in [2.75, 3.05) is 26.7 Å². The van der Waals surface area contributed by atoms with Crippen LogP contribution in [0.15, 0.2) is 30.3 Å². The number of carboxylic acid groups (broad SMARTS) is 1. The lowest BCUT2D eigenvalue weighted by molar-refractivity contribution is -0.141. The van der Waals surface area contributed by atoms with Crippen LogP contribution < -0.4 is 5.32 Å². The molecule has 7 nitrogen and oxygen atoms in total. The lowest BCUT2D eigenvalue weighted by atomic mass is 9.99. The Balaban J connectivity index is 1.50. The van der Waals surface area contributed by atoms with Crippen molar-refractivity contribution in [1.82, 2.24) is 15.1 Å². The maximum Gasteiger partial charge on any atom is 0.326 e. The van der Waals surface area contributed by atoms with E-state index in [1.807, 2.05) is 12.1 Å². The number of benzene rings is 1. The van der Waals surface area contributed by atoms with Crippen molar-refractivity contribution in [2.24, 2.45) is 0 Å². The fourth-order valence-electron chi connectivity index (χ4n) is 4.23. The summed E-state index contributed by atoms with van der Waals surface area (Å²) in [6.07, 6.45) is 1.96. The molecule has 1 aromatic heterocycles. The van der Waals surface area contributed by atoms with E-state index in [1.54, 1.807) is 18.2 Å². The lowest BCUT2D eigenvalue weighted by Gasteiger charge is -2.22. The summed E-state index contributed by atoms with van der Waals surface area (Å²) in [6, 6.07) is 7.51. The molecule has 4 rings (SSSR count). The summed E-state index contributed by atoms with van der Waals surface area (Å²) in [5.41, 5.74) is 2.86. The molecule has 0 radical (unpaired) electrons. The van der Waals surface area contributed by atoms with Crippen molar-refractivity contribution in [1.29, 1.82) is 0 Å². The molecule has 0 spiro atoms. The average Bonchev–Trinajstić information content (AvgIpc) is 3.32. The smallest absolute Gasteiger partial charge is 0.326 e. The molecule has 0 aliphatic carbocycles. The summed E-state index contributed by atoms with van der Waals surface area (Å²) < 4.78 is 0.506. The Hall–Kier alpha value is -2.42. The summed E-state index contributed by atoms with van der Waals surface area (Å²) in [7, 11) is 2.08. The van der Waals surface area contributed by atoms with Gasteiger partial charge in [0.05, 0.1) is 9.21 Å². The molecule has 2 aliphatic heterocycles. The topological polar surface area (TPSA) is 90.0 Å². The highest BCUT2D eigenvalue weighted by atomic mass is 35.5. The quantitative estimate of drug-likeness (QED) is 0.730. The molecule has 2 N–H and O–H groups in total. The van der Waals surface area contributed by atoms with Crippen LogP contribution in [0, 0.1) is 0 Å². The van der Waals surface area contributed by atoms with Gasteiger partial charge in [-0.15, -0.1) is 11.3 Å². The first-order chi connectivity index (χ1) is 14.8. The third-order valence-electron chi connectivity index (χ3n) is 5.96. The molecule has 9 heteroatoms. The molecule has 164 valence electrons. The zero-order valence-electron chi connectivity index (χ0n) is 17.1. The van der Waals surface area contributed by atoms with Gasteiger partial charge in [-0.05, 0) is 55.3 Å². The van der Waals surface area contributed by atoms with Gasteiger partial charge < -0.3 is 20.2 Å². The molecule has 2 amide bonds. The van der Waals surface area contributed by atoms with Gasteiger partial charge in [-0.2, -0.15) is 0 Å². The van der Waals surface area contributed by atoms with E-state index in [0.717, 1.165) is 42.8 Å². The van der Waals surface area contributed by atoms with Crippen LogP contribution in [0.4, 0.5) is 0 Å². The monoisotopic (exact) mass is 461 g/mol. The van der Waals surface area contributed by atoms with Gasteiger partial charge in [0.15, 0.2) is 0 Å². The van der Waals surface area contributed by atoms with E-state index in [2.05, 4.69) is 17.3 Å². The molecule has 2 aromatic rings. The van der Waals surface area contributed by atoms with Crippen molar-refractivity contribution in [3.8, 4) is 0 Å². The number of likely N-dealkylation sites (N-methyl/N-ethyl adjacent to an activating group) is 1. The number of carboxylic acids is 1. The molecule has 0 unspecified atom stereocenters. The number of hydrogen-bond donors (Lipinski definition) is 2. The van der Waals surface area contributed by atoms with Gasteiger partial charge in [0.1, 0.15) is 6.04 Å². The minimum Gasteiger partial charge on any atom is -0.480 e. The van der Waals surface area contributed by atoms with Crippen molar-refractivity contribution >= 4 is 40.7 Å². The molecule has 2 aliphatic rings. The zero-order valence-corrected chi connectivity index (χ0v) is 18.7. The number of carbonyl (C=O) groups excluding carboxylic acids is 2. The van der Waals surface area contributed by atoms with Gasteiger partial charge in [0.2, 0.25) is 0 Å². The van der Waals surface area contributed by atoms with Crippen LogP contribution in [0.5, 0.6) is 0 Å². The predicted octanol–water partition coefficient (Wildman–Crippen LogP) is 2.53. The average molecular weight is 462 g/mol. The van der Waals surface area contributed by atoms with Gasteiger partial charge in [0, 0.05) is 37.7 Å². The Bertz CT molecular complexity index is 1020. The van der Waals surface area contributed by atoms with Crippen LogP contribution in [-0.2, 0) is 17.6 Å². The molecule has 1 aromatic carbocycles. The van der Waals surface area contributed by atoms with E-state index in [0.29, 0.717) is 14.8 Å². The van der Waals surface area contributed by atoms with Crippen LogP contribution >= 0.6 is 22.9 Å². The van der Waals surface area contributed by atoms with Gasteiger partial charge in [-0.25, -0.2) is 4.79 Å². The van der Waals surface area contributed by atoms with Crippen molar-refractivity contribution in [3.63, 3.8) is 0 Å². The van der Waals surface area contributed by atoms with Gasteiger partial charge in [-0.1, -0.05) is 17.7 Å². The van der Waals surface area contributed by atoms with E-state index < -0.39 is 18.1 Å². The molecule has 3 heterocycles. The first-order valence-electron chi connectivity index (χ1n) is 10.2. The SMILES string of the molecule is CN1CCc2ccc(C(=O)N3C[C@H](NC(=O)c4ccc(Cl)s4)C[C@H]3C(=O)O)cc2CC1. The summed E-state index contributed by atoms with van der Waals surface area (Å²) >= 11 is 7.05. The highest BCUT2D eigenvalue weighted by Gasteiger charge is 2.40. The van der Waals surface area contributed by atoms with Crippen molar-refractivity contribution in [2.45, 2.75) is 31.3 Å². The van der Waals surface area contributed by atoms with E-state index in [-0.39, 0.29) is 24.8 Å².